The number of aliphatic hydroxyl groups is 1. The molecule has 2 nitrogen and oxygen atoms in total. The van der Waals surface area contributed by atoms with Gasteiger partial charge in [-0.15, -0.1) is 0 Å². The van der Waals surface area contributed by atoms with Gasteiger partial charge in [0.2, 0.25) is 0 Å². The van der Waals surface area contributed by atoms with Gasteiger partial charge in [-0.1, -0.05) is 23.7 Å². The minimum atomic E-state index is -0.553. The van der Waals surface area contributed by atoms with Crippen LogP contribution in [0.5, 0.6) is 0 Å². The summed E-state index contributed by atoms with van der Waals surface area (Å²) in [6.07, 6.45) is 1.12. The normalized spacial score (nSPS) is 27.0. The van der Waals surface area contributed by atoms with Crippen molar-refractivity contribution in [3.8, 4) is 0 Å². The number of nitrogens with two attached hydrogens (primary N) is 1. The van der Waals surface area contributed by atoms with Gasteiger partial charge in [-0.05, 0) is 30.0 Å². The second-order valence-electron chi connectivity index (χ2n) is 3.45. The Morgan fingerprint density at radius 3 is 3.00 bits per heavy atom. The van der Waals surface area contributed by atoms with Crippen molar-refractivity contribution in [3.63, 3.8) is 0 Å². The van der Waals surface area contributed by atoms with E-state index in [0.717, 1.165) is 29.0 Å². The highest BCUT2D eigenvalue weighted by Crippen LogP contribution is 2.32. The van der Waals surface area contributed by atoms with E-state index < -0.39 is 6.10 Å². The summed E-state index contributed by atoms with van der Waals surface area (Å²) in [5.41, 5.74) is 7.70. The van der Waals surface area contributed by atoms with Gasteiger partial charge in [0, 0.05) is 11.1 Å². The molecule has 0 spiro atoms. The summed E-state index contributed by atoms with van der Waals surface area (Å²) in [7, 11) is 0. The van der Waals surface area contributed by atoms with E-state index in [9.17, 15) is 5.11 Å². The molecule has 1 aromatic carbocycles. The summed E-state index contributed by atoms with van der Waals surface area (Å²) >= 11 is 6.00. The Hall–Kier alpha value is -0.570. The monoisotopic (exact) mass is 197 g/mol. The molecule has 0 saturated heterocycles. The first-order chi connectivity index (χ1) is 6.20. The maximum Gasteiger partial charge on any atom is 0.0944 e. The number of aliphatic hydroxyl groups excluding tert-OH is 1. The lowest BCUT2D eigenvalue weighted by Gasteiger charge is -2.27. The number of hydrogen-bond acceptors (Lipinski definition) is 2. The Bertz CT molecular complexity index is 327. The van der Waals surface area contributed by atoms with Gasteiger partial charge in [0.15, 0.2) is 0 Å². The van der Waals surface area contributed by atoms with Crippen molar-refractivity contribution in [1.82, 2.24) is 0 Å². The van der Waals surface area contributed by atoms with Gasteiger partial charge >= 0.3 is 0 Å². The van der Waals surface area contributed by atoms with E-state index in [4.69, 9.17) is 17.3 Å². The van der Waals surface area contributed by atoms with Crippen molar-refractivity contribution in [2.45, 2.75) is 25.0 Å². The molecule has 0 amide bonds. The molecular weight excluding hydrogens is 186 g/mol. The van der Waals surface area contributed by atoms with Crippen molar-refractivity contribution in [2.75, 3.05) is 0 Å². The van der Waals surface area contributed by atoms with Crippen LogP contribution in [-0.2, 0) is 6.42 Å². The van der Waals surface area contributed by atoms with Gasteiger partial charge in [-0.25, -0.2) is 0 Å². The summed E-state index contributed by atoms with van der Waals surface area (Å²) < 4.78 is 0. The molecular formula is C10H12ClNO. The molecule has 3 heteroatoms. The summed E-state index contributed by atoms with van der Waals surface area (Å²) in [4.78, 5) is 0. The van der Waals surface area contributed by atoms with E-state index in [-0.39, 0.29) is 6.04 Å². The zero-order valence-electron chi connectivity index (χ0n) is 7.20. The predicted molar refractivity (Wildman–Crippen MR) is 52.7 cm³/mol. The molecule has 2 rings (SSSR count). The predicted octanol–water partition coefficient (Wildman–Crippen LogP) is 1.65. The van der Waals surface area contributed by atoms with E-state index in [1.54, 1.807) is 0 Å². The Morgan fingerprint density at radius 1 is 1.46 bits per heavy atom. The average Bonchev–Trinajstić information content (AvgIpc) is 2.12. The van der Waals surface area contributed by atoms with Gasteiger partial charge in [0.25, 0.3) is 0 Å². The van der Waals surface area contributed by atoms with Crippen LogP contribution in [0, 0.1) is 0 Å². The molecule has 0 fully saturated rings. The van der Waals surface area contributed by atoms with Gasteiger partial charge < -0.3 is 10.8 Å². The second-order valence-corrected chi connectivity index (χ2v) is 3.86. The first kappa shape index (κ1) is 9.00. The van der Waals surface area contributed by atoms with E-state index in [1.165, 1.54) is 0 Å². The third kappa shape index (κ3) is 1.46. The van der Waals surface area contributed by atoms with Gasteiger partial charge in [-0.3, -0.25) is 0 Å². The third-order valence-corrected chi connectivity index (χ3v) is 2.96. The molecule has 2 atom stereocenters. The number of hydrogen-bond donors (Lipinski definition) is 2. The maximum atomic E-state index is 9.77. The second kappa shape index (κ2) is 3.29. The van der Waals surface area contributed by atoms with Gasteiger partial charge in [0.1, 0.15) is 0 Å². The maximum absolute atomic E-state index is 9.77. The van der Waals surface area contributed by atoms with Crippen molar-refractivity contribution < 1.29 is 5.11 Å². The van der Waals surface area contributed by atoms with Crippen LogP contribution in [0.1, 0.15) is 23.7 Å². The molecule has 0 aliphatic heterocycles. The first-order valence-corrected chi connectivity index (χ1v) is 4.79. The highest BCUT2D eigenvalue weighted by atomic mass is 35.5. The van der Waals surface area contributed by atoms with Gasteiger partial charge in [0.05, 0.1) is 6.10 Å². The van der Waals surface area contributed by atoms with E-state index in [2.05, 4.69) is 0 Å². The molecule has 0 bridgehead atoms. The Morgan fingerprint density at radius 2 is 2.23 bits per heavy atom. The van der Waals surface area contributed by atoms with Gasteiger partial charge in [-0.2, -0.15) is 0 Å². The molecule has 1 aliphatic carbocycles. The molecule has 0 radical (unpaired) electrons. The van der Waals surface area contributed by atoms with Crippen LogP contribution in [0.2, 0.25) is 5.02 Å². The van der Waals surface area contributed by atoms with E-state index >= 15 is 0 Å². The molecule has 3 N–H and O–H groups in total. The van der Waals surface area contributed by atoms with Crippen molar-refractivity contribution in [3.05, 3.63) is 34.3 Å². The minimum Gasteiger partial charge on any atom is -0.387 e. The van der Waals surface area contributed by atoms with Crippen LogP contribution < -0.4 is 5.73 Å². The SMILES string of the molecule is N[C@H]1CCc2c(Cl)cccc2[C@@H]1O. The zero-order chi connectivity index (χ0) is 9.42. The molecule has 0 heterocycles. The molecule has 70 valence electrons. The molecule has 0 saturated carbocycles. The zero-order valence-corrected chi connectivity index (χ0v) is 7.96. The number of benzene rings is 1. The summed E-state index contributed by atoms with van der Waals surface area (Å²) in [5, 5.41) is 10.5. The average molecular weight is 198 g/mol. The molecule has 1 aliphatic rings. The fourth-order valence-corrected chi connectivity index (χ4v) is 2.09. The third-order valence-electron chi connectivity index (χ3n) is 2.61. The molecule has 0 unspecified atom stereocenters. The lowest BCUT2D eigenvalue weighted by Crippen LogP contribution is -2.33. The van der Waals surface area contributed by atoms with Crippen LogP contribution in [0.25, 0.3) is 0 Å². The lowest BCUT2D eigenvalue weighted by molar-refractivity contribution is 0.134. The van der Waals surface area contributed by atoms with Crippen LogP contribution in [0.4, 0.5) is 0 Å². The fraction of sp³-hybridized carbons (Fsp3) is 0.400. The number of fused-ring (bicyclic) bond motifs is 1. The van der Waals surface area contributed by atoms with Crippen LogP contribution in [-0.4, -0.2) is 11.1 Å². The fourth-order valence-electron chi connectivity index (χ4n) is 1.82. The largest absolute Gasteiger partial charge is 0.387 e. The van der Waals surface area contributed by atoms with Crippen molar-refractivity contribution in [2.24, 2.45) is 5.73 Å². The summed E-state index contributed by atoms with van der Waals surface area (Å²) in [6, 6.07) is 5.45. The van der Waals surface area contributed by atoms with Crippen LogP contribution in [0.15, 0.2) is 18.2 Å². The minimum absolute atomic E-state index is 0.147. The molecule has 0 aromatic heterocycles. The highest BCUT2D eigenvalue weighted by Gasteiger charge is 2.25. The van der Waals surface area contributed by atoms with E-state index in [0.29, 0.717) is 0 Å². The van der Waals surface area contributed by atoms with Crippen LogP contribution in [0.3, 0.4) is 0 Å². The highest BCUT2D eigenvalue weighted by molar-refractivity contribution is 6.31. The topological polar surface area (TPSA) is 46.2 Å². The Labute approximate surface area is 82.3 Å². The molecule has 13 heavy (non-hydrogen) atoms. The first-order valence-electron chi connectivity index (χ1n) is 4.41. The van der Waals surface area contributed by atoms with Crippen LogP contribution >= 0.6 is 11.6 Å². The summed E-state index contributed by atoms with van der Waals surface area (Å²) in [6.45, 7) is 0. The quantitative estimate of drug-likeness (QED) is 0.665. The van der Waals surface area contributed by atoms with E-state index in [1.807, 2.05) is 18.2 Å². The number of halogens is 1. The Kier molecular flexibility index (Phi) is 2.28. The summed E-state index contributed by atoms with van der Waals surface area (Å²) in [5.74, 6) is 0. The van der Waals surface area contributed by atoms with Crippen molar-refractivity contribution in [1.29, 1.82) is 0 Å². The lowest BCUT2D eigenvalue weighted by atomic mass is 9.86. The van der Waals surface area contributed by atoms with Crippen molar-refractivity contribution >= 4 is 11.6 Å². The smallest absolute Gasteiger partial charge is 0.0944 e. The standard InChI is InChI=1S/C10H12ClNO/c11-8-3-1-2-7-6(8)4-5-9(12)10(7)13/h1-3,9-10,13H,4-5,12H2/t9-,10-/m0/s1. The Balaban J connectivity index is 2.49. The number of rotatable bonds is 0. The molecule has 1 aromatic rings.